The first-order chi connectivity index (χ1) is 16.5. The van der Waals surface area contributed by atoms with E-state index in [2.05, 4.69) is 20.3 Å². The molecular weight excluding hydrogens is 460 g/mol. The first-order valence-corrected chi connectivity index (χ1v) is 10.2. The summed E-state index contributed by atoms with van der Waals surface area (Å²) in [5, 5.41) is 12.3. The number of benzene rings is 1. The monoisotopic (exact) mass is 479 g/mol. The van der Waals surface area contributed by atoms with Gasteiger partial charge in [0.15, 0.2) is 5.82 Å². The molecule has 7 N–H and O–H groups in total. The normalized spacial score (nSPS) is 15.3. The molecule has 0 saturated heterocycles. The van der Waals surface area contributed by atoms with E-state index < -0.39 is 29.9 Å². The Bertz CT molecular complexity index is 1540. The third-order valence-corrected chi connectivity index (χ3v) is 5.33. The van der Waals surface area contributed by atoms with Crippen LogP contribution in [0.15, 0.2) is 41.2 Å². The number of amides is 1. The van der Waals surface area contributed by atoms with Crippen molar-refractivity contribution < 1.29 is 13.6 Å². The van der Waals surface area contributed by atoms with Crippen molar-refractivity contribution in [3.05, 3.63) is 63.7 Å². The number of carbonyl (C=O) groups excluding carboxylic acids is 1. The molecule has 0 radical (unpaired) electrons. The van der Waals surface area contributed by atoms with Gasteiger partial charge in [0.05, 0.1) is 28.9 Å². The van der Waals surface area contributed by atoms with Gasteiger partial charge < -0.3 is 22.5 Å². The zero-order valence-electron chi connectivity index (χ0n) is 18.3. The van der Waals surface area contributed by atoms with Crippen LogP contribution in [0.4, 0.5) is 26.4 Å². The Labute approximate surface area is 196 Å². The van der Waals surface area contributed by atoms with E-state index in [4.69, 9.17) is 17.2 Å². The first kappa shape index (κ1) is 23.3. The fraction of sp³-hybridized carbons (Fsp3) is 0.182. The smallest absolute Gasteiger partial charge is 0.272 e. The van der Waals surface area contributed by atoms with Gasteiger partial charge in [-0.15, -0.1) is 0 Å². The quantitative estimate of drug-likeness (QED) is 0.423. The maximum Gasteiger partial charge on any atom is 0.272 e. The van der Waals surface area contributed by atoms with Crippen molar-refractivity contribution in [2.45, 2.75) is 25.3 Å². The van der Waals surface area contributed by atoms with Crippen molar-refractivity contribution in [3.63, 3.8) is 0 Å². The summed E-state index contributed by atoms with van der Waals surface area (Å²) in [6, 6.07) is 5.35. The van der Waals surface area contributed by atoms with E-state index >= 15 is 0 Å². The average Bonchev–Trinajstić information content (AvgIpc) is 2.77. The molecule has 2 heterocycles. The Kier molecular flexibility index (Phi) is 5.65. The second-order valence-corrected chi connectivity index (χ2v) is 7.80. The Balaban J connectivity index is 1.97. The van der Waals surface area contributed by atoms with Crippen LogP contribution in [0.5, 0.6) is 0 Å². The number of hydrogen-bond donors (Lipinski definition) is 4. The molecule has 1 amide bonds. The van der Waals surface area contributed by atoms with Gasteiger partial charge in [-0.3, -0.25) is 14.2 Å². The molecule has 4 rings (SSSR count). The zero-order chi connectivity index (χ0) is 25.5. The van der Waals surface area contributed by atoms with E-state index in [-0.39, 0.29) is 51.1 Å². The molecule has 2 aromatic heterocycles. The fourth-order valence-corrected chi connectivity index (χ4v) is 3.81. The minimum atomic E-state index is -3.21. The van der Waals surface area contributed by atoms with Crippen LogP contribution >= 0.6 is 0 Å². The number of halogens is 2. The Morgan fingerprint density at radius 3 is 2.69 bits per heavy atom. The number of nitrogens with zero attached hydrogens (tertiary/aromatic N) is 5. The van der Waals surface area contributed by atoms with Crippen molar-refractivity contribution in [2.24, 2.45) is 5.73 Å². The van der Waals surface area contributed by atoms with Crippen molar-refractivity contribution in [1.29, 1.82) is 5.26 Å². The first-order valence-electron chi connectivity index (χ1n) is 10.2. The fourth-order valence-electron chi connectivity index (χ4n) is 3.81. The van der Waals surface area contributed by atoms with Crippen molar-refractivity contribution in [3.8, 4) is 6.07 Å². The van der Waals surface area contributed by atoms with Gasteiger partial charge in [-0.25, -0.2) is 13.8 Å². The molecular formula is C22H19F2N9O2. The molecule has 0 fully saturated rings. The van der Waals surface area contributed by atoms with Gasteiger partial charge in [-0.05, 0) is 31.2 Å². The highest BCUT2D eigenvalue weighted by Gasteiger charge is 2.32. The van der Waals surface area contributed by atoms with Gasteiger partial charge >= 0.3 is 0 Å². The minimum absolute atomic E-state index is 0.0149. The number of nitrogens with one attached hydrogen (secondary N) is 1. The Morgan fingerprint density at radius 2 is 2.03 bits per heavy atom. The number of anilines is 3. The molecule has 1 atom stereocenters. The van der Waals surface area contributed by atoms with Gasteiger partial charge in [0.1, 0.15) is 23.3 Å². The number of alkyl halides is 2. The number of rotatable bonds is 5. The van der Waals surface area contributed by atoms with Crippen molar-refractivity contribution in [2.75, 3.05) is 16.8 Å². The predicted molar refractivity (Wildman–Crippen MR) is 125 cm³/mol. The Hall–Kier alpha value is -4.86. The van der Waals surface area contributed by atoms with Crippen LogP contribution in [0.3, 0.4) is 0 Å². The summed E-state index contributed by atoms with van der Waals surface area (Å²) in [4.78, 5) is 37.8. The van der Waals surface area contributed by atoms with Crippen LogP contribution in [0.25, 0.3) is 16.6 Å². The molecule has 178 valence electrons. The second kappa shape index (κ2) is 8.49. The summed E-state index contributed by atoms with van der Waals surface area (Å²) in [6.07, 6.45) is 2.43. The van der Waals surface area contributed by atoms with Crippen molar-refractivity contribution >= 4 is 40.1 Å². The maximum atomic E-state index is 14.2. The standard InChI is InChI=1S/C22H19F2N9O2/c1-10(29-18-13(9-25)16(26)31-21(28)32-18)19-30-14-6-2-5-12(17(27)34)15(14)20(35)33(19)11-4-3-7-22(23,24)8-11/h2-7,10H,8H2,1H3,(H2,27,34)(H5,26,28,29,31,32)/t10-/m0/s1. The lowest BCUT2D eigenvalue weighted by atomic mass is 10.0. The number of carbonyl (C=O) groups is 1. The largest absolute Gasteiger partial charge is 0.382 e. The molecule has 0 aliphatic heterocycles. The molecule has 35 heavy (non-hydrogen) atoms. The molecule has 3 aromatic rings. The summed E-state index contributed by atoms with van der Waals surface area (Å²) in [7, 11) is 0. The number of primary amides is 1. The molecule has 0 unspecified atom stereocenters. The van der Waals surface area contributed by atoms with Crippen LogP contribution in [-0.2, 0) is 0 Å². The molecule has 11 nitrogen and oxygen atoms in total. The minimum Gasteiger partial charge on any atom is -0.382 e. The number of allylic oxidation sites excluding steroid dienone is 4. The Morgan fingerprint density at radius 1 is 1.29 bits per heavy atom. The molecule has 0 saturated carbocycles. The van der Waals surface area contributed by atoms with E-state index in [9.17, 15) is 23.6 Å². The lowest BCUT2D eigenvalue weighted by Gasteiger charge is -2.25. The van der Waals surface area contributed by atoms with Gasteiger partial charge in [-0.2, -0.15) is 15.2 Å². The van der Waals surface area contributed by atoms with E-state index in [1.807, 2.05) is 6.07 Å². The van der Waals surface area contributed by atoms with Crippen LogP contribution in [0, 0.1) is 11.3 Å². The number of nitrogens with two attached hydrogens (primary N) is 3. The SMILES string of the molecule is C[C@H](Nc1nc(N)nc(N)c1C#N)c1nc2cccc(C(N)=O)c2c(=O)n1C1=CC=CC(F)(F)C1. The lowest BCUT2D eigenvalue weighted by molar-refractivity contribution is 0.0588. The molecule has 0 bridgehead atoms. The van der Waals surface area contributed by atoms with Crippen LogP contribution in [-0.4, -0.2) is 31.3 Å². The molecule has 1 aliphatic carbocycles. The van der Waals surface area contributed by atoms with E-state index in [1.54, 1.807) is 6.92 Å². The van der Waals surface area contributed by atoms with Gasteiger partial charge in [0.25, 0.3) is 11.5 Å². The predicted octanol–water partition coefficient (Wildman–Crippen LogP) is 1.93. The summed E-state index contributed by atoms with van der Waals surface area (Å²) in [5.74, 6) is -4.45. The summed E-state index contributed by atoms with van der Waals surface area (Å²) >= 11 is 0. The summed E-state index contributed by atoms with van der Waals surface area (Å²) < 4.78 is 29.5. The summed E-state index contributed by atoms with van der Waals surface area (Å²) in [5.41, 5.74) is 16.0. The third kappa shape index (κ3) is 4.24. The van der Waals surface area contributed by atoms with Gasteiger partial charge in [0.2, 0.25) is 11.9 Å². The van der Waals surface area contributed by atoms with Gasteiger partial charge in [0, 0.05) is 5.70 Å². The molecule has 1 aromatic carbocycles. The number of nitriles is 1. The summed E-state index contributed by atoms with van der Waals surface area (Å²) in [6.45, 7) is 1.58. The topological polar surface area (TPSA) is 192 Å². The lowest BCUT2D eigenvalue weighted by Crippen LogP contribution is -2.32. The highest BCUT2D eigenvalue weighted by molar-refractivity contribution is 6.05. The second-order valence-electron chi connectivity index (χ2n) is 7.80. The van der Waals surface area contributed by atoms with E-state index in [0.717, 1.165) is 16.7 Å². The van der Waals surface area contributed by atoms with Crippen LogP contribution in [0.1, 0.15) is 41.1 Å². The number of fused-ring (bicyclic) bond motifs is 1. The molecule has 0 spiro atoms. The van der Waals surface area contributed by atoms with Crippen LogP contribution in [0.2, 0.25) is 0 Å². The van der Waals surface area contributed by atoms with Crippen LogP contribution < -0.4 is 28.1 Å². The zero-order valence-corrected chi connectivity index (χ0v) is 18.3. The van der Waals surface area contributed by atoms with Gasteiger partial charge in [-0.1, -0.05) is 12.1 Å². The number of aromatic nitrogens is 4. The van der Waals surface area contributed by atoms with E-state index in [1.165, 1.54) is 24.3 Å². The van der Waals surface area contributed by atoms with E-state index in [0.29, 0.717) is 0 Å². The highest BCUT2D eigenvalue weighted by atomic mass is 19.3. The molecule has 13 heteroatoms. The highest BCUT2D eigenvalue weighted by Crippen LogP contribution is 2.33. The number of hydrogen-bond acceptors (Lipinski definition) is 9. The van der Waals surface area contributed by atoms with Crippen molar-refractivity contribution in [1.82, 2.24) is 19.5 Å². The number of nitrogen functional groups attached to an aromatic ring is 2. The molecule has 1 aliphatic rings. The third-order valence-electron chi connectivity index (χ3n) is 5.33. The average molecular weight is 479 g/mol. The maximum absolute atomic E-state index is 14.2.